The number of nitrogens with one attached hydrogen (secondary N) is 2. The molecule has 0 saturated heterocycles. The van der Waals surface area contributed by atoms with E-state index in [-0.39, 0.29) is 5.91 Å². The summed E-state index contributed by atoms with van der Waals surface area (Å²) >= 11 is 0. The van der Waals surface area contributed by atoms with Gasteiger partial charge in [-0.05, 0) is 43.2 Å². The zero-order chi connectivity index (χ0) is 15.3. The number of anilines is 1. The number of rotatable bonds is 7. The average molecular weight is 289 g/mol. The predicted molar refractivity (Wildman–Crippen MR) is 86.7 cm³/mol. The number of amides is 1. The second-order valence-corrected chi connectivity index (χ2v) is 6.36. The van der Waals surface area contributed by atoms with E-state index < -0.39 is 0 Å². The van der Waals surface area contributed by atoms with E-state index in [0.717, 1.165) is 37.4 Å². The maximum Gasteiger partial charge on any atom is 0.251 e. The summed E-state index contributed by atoms with van der Waals surface area (Å²) in [7, 11) is 0. The summed E-state index contributed by atoms with van der Waals surface area (Å²) in [6, 6.07) is 3.75. The van der Waals surface area contributed by atoms with Gasteiger partial charge < -0.3 is 10.6 Å². The van der Waals surface area contributed by atoms with Gasteiger partial charge in [0, 0.05) is 24.3 Å². The first kappa shape index (κ1) is 15.8. The quantitative estimate of drug-likeness (QED) is 0.809. The van der Waals surface area contributed by atoms with E-state index in [9.17, 15) is 4.79 Å². The molecular formula is C17H27N3O. The molecule has 0 spiro atoms. The van der Waals surface area contributed by atoms with Crippen molar-refractivity contribution in [3.63, 3.8) is 0 Å². The molecule has 1 saturated carbocycles. The van der Waals surface area contributed by atoms with Crippen molar-refractivity contribution in [2.45, 2.75) is 52.9 Å². The lowest BCUT2D eigenvalue weighted by Gasteiger charge is -2.38. The summed E-state index contributed by atoms with van der Waals surface area (Å²) in [4.78, 5) is 16.9. The van der Waals surface area contributed by atoms with Crippen molar-refractivity contribution in [3.8, 4) is 0 Å². The number of nitrogens with zero attached hydrogens (tertiary/aromatic N) is 1. The molecule has 1 aromatic rings. The minimum atomic E-state index is 0.0137. The number of hydrogen-bond acceptors (Lipinski definition) is 3. The topological polar surface area (TPSA) is 54.0 Å². The Kier molecular flexibility index (Phi) is 5.21. The third-order valence-electron chi connectivity index (χ3n) is 4.30. The van der Waals surface area contributed by atoms with E-state index >= 15 is 0 Å². The monoisotopic (exact) mass is 289 g/mol. The fraction of sp³-hybridized carbons (Fsp3) is 0.647. The molecule has 1 aliphatic carbocycles. The van der Waals surface area contributed by atoms with Crippen LogP contribution in [0.25, 0.3) is 0 Å². The van der Waals surface area contributed by atoms with Crippen molar-refractivity contribution < 1.29 is 4.79 Å². The van der Waals surface area contributed by atoms with E-state index in [1.54, 1.807) is 0 Å². The molecule has 1 amide bonds. The molecule has 0 radical (unpaired) electrons. The molecule has 2 rings (SSSR count). The average Bonchev–Trinajstić information content (AvgIpc) is 2.48. The third-order valence-corrected chi connectivity index (χ3v) is 4.30. The molecule has 0 atom stereocenters. The fourth-order valence-corrected chi connectivity index (χ4v) is 2.60. The molecule has 21 heavy (non-hydrogen) atoms. The lowest BCUT2D eigenvalue weighted by molar-refractivity contribution is 0.0890. The van der Waals surface area contributed by atoms with Crippen LogP contribution in [0, 0.1) is 5.41 Å². The number of aromatic nitrogens is 1. The molecule has 1 fully saturated rings. The van der Waals surface area contributed by atoms with Crippen molar-refractivity contribution in [1.29, 1.82) is 0 Å². The van der Waals surface area contributed by atoms with Crippen LogP contribution in [0.15, 0.2) is 12.1 Å². The van der Waals surface area contributed by atoms with E-state index in [2.05, 4.69) is 36.4 Å². The van der Waals surface area contributed by atoms with Gasteiger partial charge in [0.25, 0.3) is 5.91 Å². The van der Waals surface area contributed by atoms with Crippen LogP contribution in [0.4, 0.5) is 5.82 Å². The second kappa shape index (κ2) is 6.92. The Morgan fingerprint density at radius 2 is 2.10 bits per heavy atom. The summed E-state index contributed by atoms with van der Waals surface area (Å²) in [5.74, 6) is 0.816. The van der Waals surface area contributed by atoms with Crippen LogP contribution in [0.1, 0.15) is 62.5 Å². The molecule has 1 aliphatic rings. The standard InChI is InChI=1S/C17H27N3O/c1-4-9-18-15-11-13(10-14(5-2)20-15)16(21)19-12-17(3)7-6-8-17/h10-11H,4-9,12H2,1-3H3,(H,18,20)(H,19,21). The zero-order valence-electron chi connectivity index (χ0n) is 13.5. The number of carbonyl (C=O) groups is 1. The van der Waals surface area contributed by atoms with Crippen LogP contribution in [0.2, 0.25) is 0 Å². The highest BCUT2D eigenvalue weighted by molar-refractivity contribution is 5.95. The first-order valence-electron chi connectivity index (χ1n) is 8.09. The summed E-state index contributed by atoms with van der Waals surface area (Å²) < 4.78 is 0. The molecule has 4 heteroatoms. The third kappa shape index (κ3) is 4.19. The Morgan fingerprint density at radius 1 is 1.33 bits per heavy atom. The van der Waals surface area contributed by atoms with Crippen LogP contribution in [0.3, 0.4) is 0 Å². The molecule has 0 aromatic carbocycles. The van der Waals surface area contributed by atoms with Crippen LogP contribution < -0.4 is 10.6 Å². The van der Waals surface area contributed by atoms with Gasteiger partial charge in [-0.25, -0.2) is 4.98 Å². The summed E-state index contributed by atoms with van der Waals surface area (Å²) in [6.45, 7) is 8.06. The summed E-state index contributed by atoms with van der Waals surface area (Å²) in [5, 5.41) is 6.35. The number of carbonyl (C=O) groups excluding carboxylic acids is 1. The number of aryl methyl sites for hydroxylation is 1. The van der Waals surface area contributed by atoms with Gasteiger partial charge in [0.1, 0.15) is 5.82 Å². The van der Waals surface area contributed by atoms with E-state index in [4.69, 9.17) is 0 Å². The van der Waals surface area contributed by atoms with Gasteiger partial charge in [-0.1, -0.05) is 27.2 Å². The number of pyridine rings is 1. The molecule has 4 nitrogen and oxygen atoms in total. The second-order valence-electron chi connectivity index (χ2n) is 6.36. The SMILES string of the molecule is CCCNc1cc(C(=O)NCC2(C)CCC2)cc(CC)n1. The van der Waals surface area contributed by atoms with Gasteiger partial charge in [0.2, 0.25) is 0 Å². The van der Waals surface area contributed by atoms with Crippen molar-refractivity contribution in [2.75, 3.05) is 18.4 Å². The van der Waals surface area contributed by atoms with Gasteiger partial charge in [0.05, 0.1) is 0 Å². The summed E-state index contributed by atoms with van der Waals surface area (Å²) in [6.07, 6.45) is 5.59. The summed E-state index contributed by atoms with van der Waals surface area (Å²) in [5.41, 5.74) is 1.97. The fourth-order valence-electron chi connectivity index (χ4n) is 2.60. The predicted octanol–water partition coefficient (Wildman–Crippen LogP) is 3.39. The van der Waals surface area contributed by atoms with Crippen molar-refractivity contribution >= 4 is 11.7 Å². The molecule has 0 unspecified atom stereocenters. The van der Waals surface area contributed by atoms with Crippen molar-refractivity contribution in [2.24, 2.45) is 5.41 Å². The lowest BCUT2D eigenvalue weighted by Crippen LogP contribution is -2.40. The van der Waals surface area contributed by atoms with Gasteiger partial charge in [0.15, 0.2) is 0 Å². The first-order chi connectivity index (χ1) is 10.1. The molecule has 0 aliphatic heterocycles. The molecule has 1 heterocycles. The van der Waals surface area contributed by atoms with Gasteiger partial charge >= 0.3 is 0 Å². The smallest absolute Gasteiger partial charge is 0.251 e. The Labute approximate surface area is 127 Å². The van der Waals surface area contributed by atoms with Gasteiger partial charge in [-0.3, -0.25) is 4.79 Å². The molecular weight excluding hydrogens is 262 g/mol. The van der Waals surface area contributed by atoms with E-state index in [0.29, 0.717) is 11.0 Å². The van der Waals surface area contributed by atoms with Crippen LogP contribution in [-0.4, -0.2) is 24.0 Å². The Hall–Kier alpha value is -1.58. The minimum Gasteiger partial charge on any atom is -0.370 e. The molecule has 0 bridgehead atoms. The van der Waals surface area contributed by atoms with Crippen LogP contribution >= 0.6 is 0 Å². The Balaban J connectivity index is 2.04. The highest BCUT2D eigenvalue weighted by Crippen LogP contribution is 2.39. The highest BCUT2D eigenvalue weighted by atomic mass is 16.1. The largest absolute Gasteiger partial charge is 0.370 e. The van der Waals surface area contributed by atoms with Gasteiger partial charge in [-0.15, -0.1) is 0 Å². The normalized spacial score (nSPS) is 16.1. The van der Waals surface area contributed by atoms with Crippen molar-refractivity contribution in [3.05, 3.63) is 23.4 Å². The maximum atomic E-state index is 12.4. The van der Waals surface area contributed by atoms with Crippen LogP contribution in [0.5, 0.6) is 0 Å². The van der Waals surface area contributed by atoms with Crippen molar-refractivity contribution in [1.82, 2.24) is 10.3 Å². The molecule has 1 aromatic heterocycles. The Morgan fingerprint density at radius 3 is 2.67 bits per heavy atom. The zero-order valence-corrected chi connectivity index (χ0v) is 13.5. The first-order valence-corrected chi connectivity index (χ1v) is 8.09. The van der Waals surface area contributed by atoms with Crippen LogP contribution in [-0.2, 0) is 6.42 Å². The number of hydrogen-bond donors (Lipinski definition) is 2. The van der Waals surface area contributed by atoms with E-state index in [1.807, 2.05) is 12.1 Å². The maximum absolute atomic E-state index is 12.4. The van der Waals surface area contributed by atoms with E-state index in [1.165, 1.54) is 19.3 Å². The lowest BCUT2D eigenvalue weighted by atomic mass is 9.70. The highest BCUT2D eigenvalue weighted by Gasteiger charge is 2.31. The minimum absolute atomic E-state index is 0.0137. The Bertz CT molecular complexity index is 495. The molecule has 2 N–H and O–H groups in total. The molecule has 116 valence electrons. The van der Waals surface area contributed by atoms with Gasteiger partial charge in [-0.2, -0.15) is 0 Å².